The standard InChI is InChI=1S/C21H24N2O3/c1-4-26-21(24)12-18-14(2)23(13-15-6-5-7-16(22)10-15)20-9-8-17(25-3)11-19(18)20/h5-11H,4,12-13,22H2,1-3H3. The maximum absolute atomic E-state index is 12.1. The molecule has 2 N–H and O–H groups in total. The number of benzene rings is 2. The molecule has 0 aliphatic carbocycles. The van der Waals surface area contributed by atoms with E-state index in [9.17, 15) is 4.79 Å². The molecule has 0 saturated heterocycles. The number of ether oxygens (including phenoxy) is 2. The molecule has 5 heteroatoms. The number of anilines is 1. The molecule has 1 aromatic heterocycles. The predicted octanol–water partition coefficient (Wildman–Crippen LogP) is 3.69. The number of aromatic nitrogens is 1. The van der Waals surface area contributed by atoms with E-state index in [4.69, 9.17) is 15.2 Å². The van der Waals surface area contributed by atoms with Crippen molar-refractivity contribution in [2.45, 2.75) is 26.8 Å². The highest BCUT2D eigenvalue weighted by Crippen LogP contribution is 2.31. The molecule has 0 fully saturated rings. The lowest BCUT2D eigenvalue weighted by Gasteiger charge is -2.10. The first-order chi connectivity index (χ1) is 12.5. The van der Waals surface area contributed by atoms with E-state index in [1.165, 1.54) is 0 Å². The third-order valence-electron chi connectivity index (χ3n) is 4.58. The molecule has 136 valence electrons. The van der Waals surface area contributed by atoms with Crippen LogP contribution in [0.5, 0.6) is 5.75 Å². The molecule has 3 rings (SSSR count). The second-order valence-electron chi connectivity index (χ2n) is 6.26. The van der Waals surface area contributed by atoms with Gasteiger partial charge in [-0.3, -0.25) is 4.79 Å². The van der Waals surface area contributed by atoms with Crippen molar-refractivity contribution in [3.05, 3.63) is 59.3 Å². The van der Waals surface area contributed by atoms with Crippen LogP contribution < -0.4 is 10.5 Å². The minimum Gasteiger partial charge on any atom is -0.497 e. The molecule has 0 spiro atoms. The highest BCUT2D eigenvalue weighted by atomic mass is 16.5. The number of hydrogen-bond acceptors (Lipinski definition) is 4. The number of hydrogen-bond donors (Lipinski definition) is 1. The van der Waals surface area contributed by atoms with Crippen LogP contribution in [-0.2, 0) is 22.5 Å². The van der Waals surface area contributed by atoms with E-state index >= 15 is 0 Å². The summed E-state index contributed by atoms with van der Waals surface area (Å²) < 4.78 is 12.7. The lowest BCUT2D eigenvalue weighted by molar-refractivity contribution is -0.142. The predicted molar refractivity (Wildman–Crippen MR) is 104 cm³/mol. The molecular weight excluding hydrogens is 328 g/mol. The molecule has 3 aromatic rings. The van der Waals surface area contributed by atoms with Gasteiger partial charge < -0.3 is 19.8 Å². The van der Waals surface area contributed by atoms with Crippen molar-refractivity contribution in [3.8, 4) is 5.75 Å². The molecule has 2 aromatic carbocycles. The largest absolute Gasteiger partial charge is 0.497 e. The maximum Gasteiger partial charge on any atom is 0.310 e. The van der Waals surface area contributed by atoms with Crippen LogP contribution in [0.4, 0.5) is 5.69 Å². The van der Waals surface area contributed by atoms with Crippen LogP contribution in [0.15, 0.2) is 42.5 Å². The minimum absolute atomic E-state index is 0.221. The van der Waals surface area contributed by atoms with Gasteiger partial charge in [0.05, 0.1) is 20.1 Å². The summed E-state index contributed by atoms with van der Waals surface area (Å²) in [6, 6.07) is 13.8. The zero-order valence-corrected chi connectivity index (χ0v) is 15.4. The van der Waals surface area contributed by atoms with Crippen LogP contribution >= 0.6 is 0 Å². The highest BCUT2D eigenvalue weighted by Gasteiger charge is 2.18. The molecule has 0 unspecified atom stereocenters. The molecule has 5 nitrogen and oxygen atoms in total. The SMILES string of the molecule is CCOC(=O)Cc1c(C)n(Cc2cccc(N)c2)c2ccc(OC)cc12. The Bertz CT molecular complexity index is 944. The first-order valence-corrected chi connectivity index (χ1v) is 8.69. The molecule has 1 heterocycles. The number of nitrogen functional groups attached to an aromatic ring is 1. The van der Waals surface area contributed by atoms with Gasteiger partial charge in [-0.2, -0.15) is 0 Å². The molecular formula is C21H24N2O3. The van der Waals surface area contributed by atoms with Gasteiger partial charge in [0.15, 0.2) is 0 Å². The summed E-state index contributed by atoms with van der Waals surface area (Å²) in [6.07, 6.45) is 0.243. The van der Waals surface area contributed by atoms with Gasteiger partial charge in [0.2, 0.25) is 0 Å². The monoisotopic (exact) mass is 352 g/mol. The topological polar surface area (TPSA) is 66.5 Å². The summed E-state index contributed by atoms with van der Waals surface area (Å²) in [4.78, 5) is 12.1. The minimum atomic E-state index is -0.221. The number of nitrogens with zero attached hydrogens (tertiary/aromatic N) is 1. The Morgan fingerprint density at radius 1 is 1.19 bits per heavy atom. The molecule has 0 amide bonds. The van der Waals surface area contributed by atoms with E-state index in [0.29, 0.717) is 13.2 Å². The van der Waals surface area contributed by atoms with Crippen LogP contribution in [0, 0.1) is 6.92 Å². The van der Waals surface area contributed by atoms with Crippen LogP contribution in [0.3, 0.4) is 0 Å². The number of fused-ring (bicyclic) bond motifs is 1. The molecule has 0 aliphatic rings. The van der Waals surface area contributed by atoms with E-state index < -0.39 is 0 Å². The summed E-state index contributed by atoms with van der Waals surface area (Å²) >= 11 is 0. The first kappa shape index (κ1) is 17.9. The van der Waals surface area contributed by atoms with Crippen molar-refractivity contribution in [2.75, 3.05) is 19.5 Å². The zero-order chi connectivity index (χ0) is 18.7. The van der Waals surface area contributed by atoms with E-state index in [1.807, 2.05) is 50.2 Å². The van der Waals surface area contributed by atoms with Crippen molar-refractivity contribution < 1.29 is 14.3 Å². The summed E-state index contributed by atoms with van der Waals surface area (Å²) in [5, 5.41) is 1.01. The summed E-state index contributed by atoms with van der Waals surface area (Å²) in [5.74, 6) is 0.546. The molecule has 0 radical (unpaired) electrons. The number of carbonyl (C=O) groups excluding carboxylic acids is 1. The Hall–Kier alpha value is -2.95. The third kappa shape index (κ3) is 3.52. The lowest BCUT2D eigenvalue weighted by Crippen LogP contribution is -2.09. The summed E-state index contributed by atoms with van der Waals surface area (Å²) in [5.41, 5.74) is 10.9. The lowest BCUT2D eigenvalue weighted by atomic mass is 10.1. The van der Waals surface area contributed by atoms with Gasteiger partial charge in [0.25, 0.3) is 0 Å². The number of methoxy groups -OCH3 is 1. The quantitative estimate of drug-likeness (QED) is 0.543. The molecule has 0 bridgehead atoms. The summed E-state index contributed by atoms with van der Waals surface area (Å²) in [7, 11) is 1.64. The Kier molecular flexibility index (Phi) is 5.16. The molecule has 0 saturated carbocycles. The second-order valence-corrected chi connectivity index (χ2v) is 6.26. The fourth-order valence-electron chi connectivity index (χ4n) is 3.31. The van der Waals surface area contributed by atoms with E-state index in [1.54, 1.807) is 7.11 Å². The normalized spacial score (nSPS) is 10.9. The maximum atomic E-state index is 12.1. The number of esters is 1. The van der Waals surface area contributed by atoms with E-state index in [2.05, 4.69) is 10.6 Å². The Morgan fingerprint density at radius 3 is 2.69 bits per heavy atom. The van der Waals surface area contributed by atoms with E-state index in [-0.39, 0.29) is 12.4 Å². The fourth-order valence-corrected chi connectivity index (χ4v) is 3.31. The zero-order valence-electron chi connectivity index (χ0n) is 15.4. The Balaban J connectivity index is 2.10. The van der Waals surface area contributed by atoms with Crippen molar-refractivity contribution >= 4 is 22.6 Å². The first-order valence-electron chi connectivity index (χ1n) is 8.69. The average Bonchev–Trinajstić information content (AvgIpc) is 2.87. The van der Waals surface area contributed by atoms with E-state index in [0.717, 1.165) is 39.2 Å². The van der Waals surface area contributed by atoms with Gasteiger partial charge in [-0.15, -0.1) is 0 Å². The van der Waals surface area contributed by atoms with Crippen molar-refractivity contribution in [3.63, 3.8) is 0 Å². The van der Waals surface area contributed by atoms with Gasteiger partial charge in [-0.1, -0.05) is 12.1 Å². The summed E-state index contributed by atoms with van der Waals surface area (Å²) in [6.45, 7) is 4.91. The van der Waals surface area contributed by atoms with Crippen LogP contribution in [0.2, 0.25) is 0 Å². The third-order valence-corrected chi connectivity index (χ3v) is 4.58. The van der Waals surface area contributed by atoms with Crippen LogP contribution in [0.1, 0.15) is 23.7 Å². The Labute approximate surface area is 153 Å². The molecule has 0 atom stereocenters. The van der Waals surface area contributed by atoms with Crippen molar-refractivity contribution in [1.29, 1.82) is 0 Å². The number of rotatable bonds is 6. The molecule has 0 aliphatic heterocycles. The van der Waals surface area contributed by atoms with Gasteiger partial charge in [-0.25, -0.2) is 0 Å². The molecule has 26 heavy (non-hydrogen) atoms. The number of carbonyl (C=O) groups is 1. The van der Waals surface area contributed by atoms with Gasteiger partial charge in [0, 0.05) is 28.8 Å². The number of nitrogens with two attached hydrogens (primary N) is 1. The van der Waals surface area contributed by atoms with Crippen molar-refractivity contribution in [1.82, 2.24) is 4.57 Å². The average molecular weight is 352 g/mol. The smallest absolute Gasteiger partial charge is 0.310 e. The van der Waals surface area contributed by atoms with Crippen LogP contribution in [-0.4, -0.2) is 24.3 Å². The van der Waals surface area contributed by atoms with Crippen LogP contribution in [0.25, 0.3) is 10.9 Å². The van der Waals surface area contributed by atoms with Gasteiger partial charge >= 0.3 is 5.97 Å². The van der Waals surface area contributed by atoms with Gasteiger partial charge in [0.1, 0.15) is 5.75 Å². The highest BCUT2D eigenvalue weighted by molar-refractivity contribution is 5.90. The van der Waals surface area contributed by atoms with Crippen molar-refractivity contribution in [2.24, 2.45) is 0 Å². The fraction of sp³-hybridized carbons (Fsp3) is 0.286. The van der Waals surface area contributed by atoms with Gasteiger partial charge in [-0.05, 0) is 55.3 Å². The Morgan fingerprint density at radius 2 is 2.00 bits per heavy atom. The second kappa shape index (κ2) is 7.52.